The van der Waals surface area contributed by atoms with Gasteiger partial charge in [-0.3, -0.25) is 9.59 Å². The Labute approximate surface area is 173 Å². The van der Waals surface area contributed by atoms with E-state index in [2.05, 4.69) is 13.8 Å². The van der Waals surface area contributed by atoms with E-state index < -0.39 is 0 Å². The van der Waals surface area contributed by atoms with E-state index in [1.165, 1.54) is 0 Å². The van der Waals surface area contributed by atoms with Crippen LogP contribution in [0.2, 0.25) is 0 Å². The van der Waals surface area contributed by atoms with Gasteiger partial charge in [0.1, 0.15) is 5.82 Å². The van der Waals surface area contributed by atoms with E-state index in [0.29, 0.717) is 51.6 Å². The lowest BCUT2D eigenvalue weighted by Gasteiger charge is -2.33. The van der Waals surface area contributed by atoms with Gasteiger partial charge in [0.15, 0.2) is 0 Å². The Bertz CT molecular complexity index is 721. The zero-order valence-electron chi connectivity index (χ0n) is 18.2. The number of hydrogen-bond acceptors (Lipinski definition) is 5. The van der Waals surface area contributed by atoms with Crippen molar-refractivity contribution in [1.82, 2.24) is 19.8 Å². The molecule has 2 amide bonds. The van der Waals surface area contributed by atoms with Crippen LogP contribution in [0.1, 0.15) is 61.8 Å². The second-order valence-electron chi connectivity index (χ2n) is 8.68. The molecule has 0 N–H and O–H groups in total. The molecule has 0 spiro atoms. The monoisotopic (exact) mass is 402 g/mol. The fraction of sp³-hybridized carbons (Fsp3) is 0.727. The van der Waals surface area contributed by atoms with E-state index in [4.69, 9.17) is 14.7 Å². The quantitative estimate of drug-likeness (QED) is 0.755. The van der Waals surface area contributed by atoms with E-state index in [9.17, 15) is 9.59 Å². The number of aryl methyl sites for hydroxylation is 2. The molecule has 2 fully saturated rings. The number of piperidine rings is 1. The Morgan fingerprint density at radius 2 is 1.69 bits per heavy atom. The first kappa shape index (κ1) is 21.7. The molecule has 0 bridgehead atoms. The summed E-state index contributed by atoms with van der Waals surface area (Å²) in [5, 5.41) is 0. The van der Waals surface area contributed by atoms with Crippen LogP contribution in [0.5, 0.6) is 0 Å². The van der Waals surface area contributed by atoms with Crippen LogP contribution in [0.25, 0.3) is 0 Å². The van der Waals surface area contributed by atoms with Crippen molar-refractivity contribution in [3.63, 3.8) is 0 Å². The zero-order valence-corrected chi connectivity index (χ0v) is 18.2. The molecule has 2 saturated heterocycles. The van der Waals surface area contributed by atoms with Gasteiger partial charge in [-0.15, -0.1) is 0 Å². The summed E-state index contributed by atoms with van der Waals surface area (Å²) >= 11 is 0. The molecule has 0 radical (unpaired) electrons. The molecule has 160 valence electrons. The van der Waals surface area contributed by atoms with Crippen molar-refractivity contribution in [1.29, 1.82) is 0 Å². The first-order valence-corrected chi connectivity index (χ1v) is 10.8. The number of aromatic nitrogens is 2. The Balaban J connectivity index is 1.69. The number of morpholine rings is 1. The largest absolute Gasteiger partial charge is 0.378 e. The summed E-state index contributed by atoms with van der Waals surface area (Å²) in [6.07, 6.45) is 2.90. The maximum atomic E-state index is 12.6. The van der Waals surface area contributed by atoms with Gasteiger partial charge >= 0.3 is 0 Å². The van der Waals surface area contributed by atoms with E-state index in [1.54, 1.807) is 0 Å². The Kier molecular flexibility index (Phi) is 7.22. The van der Waals surface area contributed by atoms with Gasteiger partial charge in [-0.25, -0.2) is 9.97 Å². The van der Waals surface area contributed by atoms with Crippen LogP contribution in [0.15, 0.2) is 0 Å². The lowest BCUT2D eigenvalue weighted by molar-refractivity contribution is -0.134. The standard InChI is InChI=1S/C22H34N4O3/c1-15(2)12-20(27)26-7-5-6-18(14-26)22-23-16(3)19(17(4)24-22)13-21(28)25-8-10-29-11-9-25/h15,18H,5-14H2,1-4H3/t18-/m1/s1. The highest BCUT2D eigenvalue weighted by Gasteiger charge is 2.28. The van der Waals surface area contributed by atoms with Gasteiger partial charge in [0.05, 0.1) is 19.6 Å². The lowest BCUT2D eigenvalue weighted by Crippen LogP contribution is -2.41. The maximum Gasteiger partial charge on any atom is 0.227 e. The lowest BCUT2D eigenvalue weighted by atomic mass is 9.95. The van der Waals surface area contributed by atoms with Gasteiger partial charge in [0.25, 0.3) is 0 Å². The second-order valence-corrected chi connectivity index (χ2v) is 8.68. The van der Waals surface area contributed by atoms with Crippen LogP contribution in [0.3, 0.4) is 0 Å². The summed E-state index contributed by atoms with van der Waals surface area (Å²) in [6.45, 7) is 12.1. The Morgan fingerprint density at radius 1 is 1.03 bits per heavy atom. The molecule has 0 saturated carbocycles. The second kappa shape index (κ2) is 9.65. The van der Waals surface area contributed by atoms with Crippen molar-refractivity contribution >= 4 is 11.8 Å². The van der Waals surface area contributed by atoms with Crippen LogP contribution in [-0.2, 0) is 20.7 Å². The van der Waals surface area contributed by atoms with Crippen molar-refractivity contribution in [3.05, 3.63) is 22.8 Å². The molecule has 7 nitrogen and oxygen atoms in total. The summed E-state index contributed by atoms with van der Waals surface area (Å²) in [4.78, 5) is 38.5. The number of carbonyl (C=O) groups is 2. The van der Waals surface area contributed by atoms with Gasteiger partial charge in [0, 0.05) is 55.5 Å². The van der Waals surface area contributed by atoms with Crippen LogP contribution >= 0.6 is 0 Å². The van der Waals surface area contributed by atoms with Crippen LogP contribution in [0.4, 0.5) is 0 Å². The minimum absolute atomic E-state index is 0.110. The molecule has 1 aromatic heterocycles. The van der Waals surface area contributed by atoms with Crippen LogP contribution in [0, 0.1) is 19.8 Å². The summed E-state index contributed by atoms with van der Waals surface area (Å²) in [6, 6.07) is 0. The molecule has 3 heterocycles. The molecule has 1 aromatic rings. The maximum absolute atomic E-state index is 12.6. The predicted molar refractivity (Wildman–Crippen MR) is 111 cm³/mol. The third-order valence-corrected chi connectivity index (χ3v) is 5.85. The summed E-state index contributed by atoms with van der Waals surface area (Å²) in [5.41, 5.74) is 2.67. The first-order valence-electron chi connectivity index (χ1n) is 10.8. The van der Waals surface area contributed by atoms with Gasteiger partial charge in [-0.05, 0) is 32.6 Å². The smallest absolute Gasteiger partial charge is 0.227 e. The highest BCUT2D eigenvalue weighted by Crippen LogP contribution is 2.27. The molecule has 0 aromatic carbocycles. The molecule has 2 aliphatic rings. The Hall–Kier alpha value is -2.02. The normalized spacial score (nSPS) is 20.2. The fourth-order valence-electron chi connectivity index (χ4n) is 4.17. The molecule has 0 aliphatic carbocycles. The van der Waals surface area contributed by atoms with Gasteiger partial charge in [-0.1, -0.05) is 13.8 Å². The summed E-state index contributed by atoms with van der Waals surface area (Å²) in [7, 11) is 0. The average Bonchev–Trinajstić information content (AvgIpc) is 2.70. The third kappa shape index (κ3) is 5.53. The molecule has 7 heteroatoms. The number of amides is 2. The third-order valence-electron chi connectivity index (χ3n) is 5.85. The predicted octanol–water partition coefficient (Wildman–Crippen LogP) is 2.25. The van der Waals surface area contributed by atoms with Crippen molar-refractivity contribution in [2.45, 2.75) is 59.3 Å². The van der Waals surface area contributed by atoms with Gasteiger partial charge in [-0.2, -0.15) is 0 Å². The molecule has 0 unspecified atom stereocenters. The molecular weight excluding hydrogens is 368 g/mol. The van der Waals surface area contributed by atoms with Gasteiger partial charge < -0.3 is 14.5 Å². The molecule has 29 heavy (non-hydrogen) atoms. The number of nitrogens with zero attached hydrogens (tertiary/aromatic N) is 4. The highest BCUT2D eigenvalue weighted by atomic mass is 16.5. The number of likely N-dealkylation sites (tertiary alicyclic amines) is 1. The first-order chi connectivity index (χ1) is 13.8. The van der Waals surface area contributed by atoms with E-state index in [-0.39, 0.29) is 17.7 Å². The van der Waals surface area contributed by atoms with E-state index >= 15 is 0 Å². The molecule has 1 atom stereocenters. The van der Waals surface area contributed by atoms with Crippen LogP contribution < -0.4 is 0 Å². The molecule has 3 rings (SSSR count). The summed E-state index contributed by atoms with van der Waals surface area (Å²) < 4.78 is 5.33. The number of carbonyl (C=O) groups excluding carboxylic acids is 2. The van der Waals surface area contributed by atoms with Crippen LogP contribution in [-0.4, -0.2) is 71.0 Å². The number of ether oxygens (including phenoxy) is 1. The van der Waals surface area contributed by atoms with Crippen molar-refractivity contribution in [2.75, 3.05) is 39.4 Å². The average molecular weight is 403 g/mol. The SMILES string of the molecule is Cc1nc([C@@H]2CCCN(C(=O)CC(C)C)C2)nc(C)c1CC(=O)N1CCOCC1. The topological polar surface area (TPSA) is 75.6 Å². The number of rotatable bonds is 5. The van der Waals surface area contributed by atoms with Crippen molar-refractivity contribution < 1.29 is 14.3 Å². The van der Waals surface area contributed by atoms with Crippen molar-refractivity contribution in [3.8, 4) is 0 Å². The minimum atomic E-state index is 0.110. The minimum Gasteiger partial charge on any atom is -0.378 e. The highest BCUT2D eigenvalue weighted by molar-refractivity contribution is 5.79. The fourth-order valence-corrected chi connectivity index (χ4v) is 4.17. The van der Waals surface area contributed by atoms with E-state index in [1.807, 2.05) is 23.6 Å². The Morgan fingerprint density at radius 3 is 2.31 bits per heavy atom. The number of hydrogen-bond donors (Lipinski definition) is 0. The zero-order chi connectivity index (χ0) is 21.0. The summed E-state index contributed by atoms with van der Waals surface area (Å²) in [5.74, 6) is 1.68. The van der Waals surface area contributed by atoms with E-state index in [0.717, 1.165) is 42.2 Å². The van der Waals surface area contributed by atoms with Crippen molar-refractivity contribution in [2.24, 2.45) is 5.92 Å². The van der Waals surface area contributed by atoms with Gasteiger partial charge in [0.2, 0.25) is 11.8 Å². The molecular formula is C22H34N4O3. The molecule has 2 aliphatic heterocycles.